The Morgan fingerprint density at radius 1 is 1.23 bits per heavy atom. The lowest BCUT2D eigenvalue weighted by molar-refractivity contribution is -0.121. The van der Waals surface area contributed by atoms with E-state index in [4.69, 9.17) is 0 Å². The maximum absolute atomic E-state index is 12.4. The largest absolute Gasteiger partial charge is 0.354 e. The highest BCUT2D eigenvalue weighted by Gasteiger charge is 2.26. The van der Waals surface area contributed by atoms with Crippen LogP contribution in [0.2, 0.25) is 0 Å². The van der Waals surface area contributed by atoms with Gasteiger partial charge < -0.3 is 5.32 Å². The number of hydrogen-bond donors (Lipinski definition) is 1. The van der Waals surface area contributed by atoms with Crippen LogP contribution in [0.15, 0.2) is 39.2 Å². The molecule has 166 valence electrons. The Morgan fingerprint density at radius 2 is 1.93 bits per heavy atom. The minimum atomic E-state index is -3.45. The summed E-state index contributed by atoms with van der Waals surface area (Å²) in [5.74, 6) is 0.742. The van der Waals surface area contributed by atoms with Gasteiger partial charge in [0.1, 0.15) is 4.21 Å². The molecular weight excluding hydrogens is 438 g/mol. The molecule has 1 amide bonds. The van der Waals surface area contributed by atoms with E-state index >= 15 is 0 Å². The fourth-order valence-electron chi connectivity index (χ4n) is 3.68. The molecule has 1 unspecified atom stereocenters. The molecule has 0 bridgehead atoms. The summed E-state index contributed by atoms with van der Waals surface area (Å²) in [5.41, 5.74) is 0. The number of hydrogen-bond acceptors (Lipinski definition) is 6. The molecule has 1 atom stereocenters. The van der Waals surface area contributed by atoms with E-state index in [1.807, 2.05) is 0 Å². The summed E-state index contributed by atoms with van der Waals surface area (Å²) in [5, 5.41) is 6.91. The average molecular weight is 470 g/mol. The van der Waals surface area contributed by atoms with Crippen LogP contribution in [0.4, 0.5) is 0 Å². The zero-order valence-electron chi connectivity index (χ0n) is 17.6. The summed E-state index contributed by atoms with van der Waals surface area (Å²) < 4.78 is 26.6. The Bertz CT molecular complexity index is 874. The van der Waals surface area contributed by atoms with Gasteiger partial charge in [0.15, 0.2) is 0 Å². The van der Waals surface area contributed by atoms with Gasteiger partial charge in [0, 0.05) is 31.4 Å². The Balaban J connectivity index is 1.46. The van der Waals surface area contributed by atoms with Crippen LogP contribution in [0.1, 0.15) is 43.5 Å². The molecule has 0 radical (unpaired) electrons. The zero-order valence-corrected chi connectivity index (χ0v) is 20.1. The monoisotopic (exact) mass is 469 g/mol. The molecule has 1 aliphatic rings. The van der Waals surface area contributed by atoms with Crippen molar-refractivity contribution in [2.75, 3.05) is 33.2 Å². The molecule has 1 aliphatic heterocycles. The number of piperidine rings is 1. The predicted octanol–water partition coefficient (Wildman–Crippen LogP) is 3.80. The minimum absolute atomic E-state index is 0.0242. The lowest BCUT2D eigenvalue weighted by Crippen LogP contribution is -2.41. The number of carbonyl (C=O) groups is 1. The molecule has 0 aliphatic carbocycles. The number of nitrogens with zero attached hydrogens (tertiary/aromatic N) is 2. The third-order valence-corrected chi connectivity index (χ3v) is 9.86. The topological polar surface area (TPSA) is 69.7 Å². The second-order valence-electron chi connectivity index (χ2n) is 7.92. The Kier molecular flexibility index (Phi) is 8.47. The van der Waals surface area contributed by atoms with Crippen LogP contribution >= 0.6 is 22.7 Å². The number of thiophene rings is 2. The van der Waals surface area contributed by atoms with Crippen molar-refractivity contribution in [2.24, 2.45) is 5.92 Å². The number of amides is 1. The highest BCUT2D eigenvalue weighted by atomic mass is 32.2. The number of likely N-dealkylation sites (tertiary alicyclic amines) is 1. The second kappa shape index (κ2) is 10.9. The second-order valence-corrected chi connectivity index (χ2v) is 12.1. The Labute approximate surface area is 187 Å². The van der Waals surface area contributed by atoms with E-state index in [1.54, 1.807) is 35.9 Å². The third kappa shape index (κ3) is 6.13. The fourth-order valence-corrected chi connectivity index (χ4v) is 6.95. The van der Waals surface area contributed by atoms with E-state index in [2.05, 4.69) is 34.7 Å². The van der Waals surface area contributed by atoms with Crippen molar-refractivity contribution in [3.05, 3.63) is 39.9 Å². The van der Waals surface area contributed by atoms with Crippen molar-refractivity contribution in [3.63, 3.8) is 0 Å². The van der Waals surface area contributed by atoms with Gasteiger partial charge in [-0.3, -0.25) is 9.69 Å². The molecule has 30 heavy (non-hydrogen) atoms. The van der Waals surface area contributed by atoms with Gasteiger partial charge in [0.25, 0.3) is 10.0 Å². The number of nitrogens with one attached hydrogen (secondary N) is 1. The maximum Gasteiger partial charge on any atom is 0.252 e. The van der Waals surface area contributed by atoms with Crippen molar-refractivity contribution in [1.82, 2.24) is 14.5 Å². The Hall–Kier alpha value is -1.26. The van der Waals surface area contributed by atoms with Gasteiger partial charge in [0.05, 0.1) is 6.04 Å². The highest BCUT2D eigenvalue weighted by Crippen LogP contribution is 2.29. The summed E-state index contributed by atoms with van der Waals surface area (Å²) in [7, 11) is -1.89. The first-order valence-corrected chi connectivity index (χ1v) is 13.6. The van der Waals surface area contributed by atoms with Crippen molar-refractivity contribution in [3.8, 4) is 0 Å². The molecule has 1 N–H and O–H groups in total. The van der Waals surface area contributed by atoms with E-state index in [0.29, 0.717) is 30.1 Å². The summed E-state index contributed by atoms with van der Waals surface area (Å²) >= 11 is 2.94. The molecule has 2 aromatic heterocycles. The lowest BCUT2D eigenvalue weighted by atomic mass is 9.97. The van der Waals surface area contributed by atoms with Gasteiger partial charge in [-0.25, -0.2) is 12.7 Å². The molecule has 0 saturated carbocycles. The van der Waals surface area contributed by atoms with Gasteiger partial charge >= 0.3 is 0 Å². The summed E-state index contributed by atoms with van der Waals surface area (Å²) in [6, 6.07) is 7.75. The number of sulfonamides is 1. The lowest BCUT2D eigenvalue weighted by Gasteiger charge is -2.36. The van der Waals surface area contributed by atoms with Gasteiger partial charge in [-0.2, -0.15) is 0 Å². The molecule has 3 heterocycles. The van der Waals surface area contributed by atoms with Crippen LogP contribution in [-0.4, -0.2) is 56.8 Å². The van der Waals surface area contributed by atoms with E-state index in [1.165, 1.54) is 33.4 Å². The van der Waals surface area contributed by atoms with Gasteiger partial charge in [-0.15, -0.1) is 22.7 Å². The van der Waals surface area contributed by atoms with E-state index < -0.39 is 10.0 Å². The quantitative estimate of drug-likeness (QED) is 0.575. The molecular formula is C21H31N3O3S3. The minimum Gasteiger partial charge on any atom is -0.354 e. The van der Waals surface area contributed by atoms with Crippen molar-refractivity contribution in [2.45, 2.75) is 42.9 Å². The predicted molar refractivity (Wildman–Crippen MR) is 123 cm³/mol. The van der Waals surface area contributed by atoms with Crippen LogP contribution in [0, 0.1) is 5.92 Å². The first-order chi connectivity index (χ1) is 14.4. The van der Waals surface area contributed by atoms with Gasteiger partial charge in [-0.05, 0) is 61.2 Å². The first kappa shape index (κ1) is 23.4. The molecule has 1 saturated heterocycles. The van der Waals surface area contributed by atoms with Crippen LogP contribution in [0.25, 0.3) is 0 Å². The maximum atomic E-state index is 12.4. The summed E-state index contributed by atoms with van der Waals surface area (Å²) in [6.07, 6.45) is 3.21. The normalized spacial score (nSPS) is 17.3. The van der Waals surface area contributed by atoms with Crippen molar-refractivity contribution < 1.29 is 13.2 Å². The molecule has 6 nitrogen and oxygen atoms in total. The standard InChI is InChI=1S/C21H31N3O3S3/c1-17-9-12-24(13-10-17)18(19-6-4-14-28-19)16-22-20(25)7-3-11-23(2)30(26,27)21-8-5-15-29-21/h4-6,8,14-15,17-18H,3,7,9-13,16H2,1-2H3,(H,22,25). The van der Waals surface area contributed by atoms with Gasteiger partial charge in [0.2, 0.25) is 5.91 Å². The van der Waals surface area contributed by atoms with Crippen LogP contribution in [-0.2, 0) is 14.8 Å². The molecule has 0 aromatic carbocycles. The Morgan fingerprint density at radius 3 is 2.57 bits per heavy atom. The third-order valence-electron chi connectivity index (χ3n) is 5.66. The van der Waals surface area contributed by atoms with E-state index in [0.717, 1.165) is 19.0 Å². The molecule has 2 aromatic rings. The molecule has 9 heteroatoms. The number of carbonyl (C=O) groups excluding carboxylic acids is 1. The van der Waals surface area contributed by atoms with E-state index in [-0.39, 0.29) is 11.9 Å². The summed E-state index contributed by atoms with van der Waals surface area (Å²) in [4.78, 5) is 16.2. The first-order valence-electron chi connectivity index (χ1n) is 10.4. The highest BCUT2D eigenvalue weighted by molar-refractivity contribution is 7.91. The summed E-state index contributed by atoms with van der Waals surface area (Å²) in [6.45, 7) is 5.34. The van der Waals surface area contributed by atoms with E-state index in [9.17, 15) is 13.2 Å². The molecule has 3 rings (SSSR count). The smallest absolute Gasteiger partial charge is 0.252 e. The van der Waals surface area contributed by atoms with Crippen LogP contribution < -0.4 is 5.32 Å². The molecule has 1 fully saturated rings. The fraction of sp³-hybridized carbons (Fsp3) is 0.571. The zero-order chi connectivity index (χ0) is 21.6. The SMILES string of the molecule is CC1CCN(C(CNC(=O)CCCN(C)S(=O)(=O)c2cccs2)c2cccs2)CC1. The number of rotatable bonds is 10. The average Bonchev–Trinajstić information content (AvgIpc) is 3.44. The van der Waals surface area contributed by atoms with Crippen molar-refractivity contribution in [1.29, 1.82) is 0 Å². The van der Waals surface area contributed by atoms with Gasteiger partial charge in [-0.1, -0.05) is 19.1 Å². The van der Waals surface area contributed by atoms with Crippen molar-refractivity contribution >= 4 is 38.6 Å². The van der Waals surface area contributed by atoms with Crippen LogP contribution in [0.3, 0.4) is 0 Å². The molecule has 0 spiro atoms. The van der Waals surface area contributed by atoms with Crippen LogP contribution in [0.5, 0.6) is 0 Å².